The minimum Gasteiger partial charge on any atom is -0.322 e. The van der Waals surface area contributed by atoms with Crippen molar-refractivity contribution in [2.75, 3.05) is 18.9 Å². The normalized spacial score (nSPS) is 10.4. The van der Waals surface area contributed by atoms with Gasteiger partial charge in [-0.2, -0.15) is 0 Å². The number of hydrogen-bond acceptors (Lipinski definition) is 2. The third-order valence-electron chi connectivity index (χ3n) is 3.21. The molecule has 0 unspecified atom stereocenters. The molecular weight excluding hydrogens is 267 g/mol. The van der Waals surface area contributed by atoms with Crippen molar-refractivity contribution in [3.05, 3.63) is 65.0 Å². The Balaban J connectivity index is 2.20. The van der Waals surface area contributed by atoms with E-state index in [2.05, 4.69) is 10.6 Å². The summed E-state index contributed by atoms with van der Waals surface area (Å²) < 4.78 is 13.4. The van der Waals surface area contributed by atoms with E-state index in [1.807, 2.05) is 25.2 Å². The number of aryl methyl sites for hydroxylation is 1. The largest absolute Gasteiger partial charge is 0.322 e. The smallest absolute Gasteiger partial charge is 0.255 e. The van der Waals surface area contributed by atoms with E-state index in [-0.39, 0.29) is 11.7 Å². The lowest BCUT2D eigenvalue weighted by Gasteiger charge is -2.10. The van der Waals surface area contributed by atoms with Crippen molar-refractivity contribution in [1.82, 2.24) is 5.32 Å². The summed E-state index contributed by atoms with van der Waals surface area (Å²) in [6.07, 6.45) is 0.766. The standard InChI is InChI=1S/C17H19FN2O/c1-12-9-14(18)11-15(10-12)20-17(21)16-6-4-3-5-13(16)7-8-19-2/h3-6,9-11,19H,7-8H2,1-2H3,(H,20,21). The fraction of sp³-hybridized carbons (Fsp3) is 0.235. The molecule has 0 atom stereocenters. The second-order valence-corrected chi connectivity index (χ2v) is 4.98. The van der Waals surface area contributed by atoms with Gasteiger partial charge >= 0.3 is 0 Å². The SMILES string of the molecule is CNCCc1ccccc1C(=O)Nc1cc(C)cc(F)c1. The molecule has 2 aromatic carbocycles. The summed E-state index contributed by atoms with van der Waals surface area (Å²) in [5.41, 5.74) is 2.84. The topological polar surface area (TPSA) is 41.1 Å². The molecule has 0 aliphatic heterocycles. The van der Waals surface area contributed by atoms with Gasteiger partial charge in [-0.3, -0.25) is 4.79 Å². The second-order valence-electron chi connectivity index (χ2n) is 4.98. The maximum atomic E-state index is 13.4. The Kier molecular flexibility index (Phi) is 5.06. The number of nitrogens with one attached hydrogen (secondary N) is 2. The number of rotatable bonds is 5. The van der Waals surface area contributed by atoms with Crippen molar-refractivity contribution >= 4 is 11.6 Å². The average molecular weight is 286 g/mol. The highest BCUT2D eigenvalue weighted by atomic mass is 19.1. The number of carbonyl (C=O) groups excluding carboxylic acids is 1. The predicted octanol–water partition coefficient (Wildman–Crippen LogP) is 3.15. The zero-order chi connectivity index (χ0) is 15.2. The molecule has 110 valence electrons. The van der Waals surface area contributed by atoms with Crippen molar-refractivity contribution < 1.29 is 9.18 Å². The molecule has 0 bridgehead atoms. The minimum absolute atomic E-state index is 0.216. The molecule has 2 rings (SSSR count). The highest BCUT2D eigenvalue weighted by Gasteiger charge is 2.11. The molecule has 0 saturated heterocycles. The van der Waals surface area contributed by atoms with Crippen molar-refractivity contribution in [2.45, 2.75) is 13.3 Å². The quantitative estimate of drug-likeness (QED) is 0.886. The van der Waals surface area contributed by atoms with Gasteiger partial charge < -0.3 is 10.6 Å². The highest BCUT2D eigenvalue weighted by Crippen LogP contribution is 2.16. The lowest BCUT2D eigenvalue weighted by atomic mass is 10.0. The molecule has 2 N–H and O–H groups in total. The summed E-state index contributed by atoms with van der Waals surface area (Å²) in [6.45, 7) is 2.59. The number of carbonyl (C=O) groups is 1. The van der Waals surface area contributed by atoms with Gasteiger partial charge in [-0.15, -0.1) is 0 Å². The summed E-state index contributed by atoms with van der Waals surface area (Å²) in [7, 11) is 1.87. The van der Waals surface area contributed by atoms with Crippen LogP contribution in [-0.4, -0.2) is 19.5 Å². The van der Waals surface area contributed by atoms with E-state index in [9.17, 15) is 9.18 Å². The van der Waals surface area contributed by atoms with E-state index in [0.29, 0.717) is 11.3 Å². The maximum absolute atomic E-state index is 13.4. The molecule has 2 aromatic rings. The molecule has 0 fully saturated rings. The molecule has 0 aliphatic carbocycles. The van der Waals surface area contributed by atoms with Crippen LogP contribution < -0.4 is 10.6 Å². The Morgan fingerprint density at radius 1 is 1.19 bits per heavy atom. The van der Waals surface area contributed by atoms with Gasteiger partial charge in [0.1, 0.15) is 5.82 Å². The van der Waals surface area contributed by atoms with E-state index < -0.39 is 0 Å². The lowest BCUT2D eigenvalue weighted by molar-refractivity contribution is 0.102. The first-order valence-corrected chi connectivity index (χ1v) is 6.91. The maximum Gasteiger partial charge on any atom is 0.255 e. The van der Waals surface area contributed by atoms with Crippen LogP contribution in [0.2, 0.25) is 0 Å². The van der Waals surface area contributed by atoms with Gasteiger partial charge in [-0.1, -0.05) is 18.2 Å². The second kappa shape index (κ2) is 6.99. The fourth-order valence-electron chi connectivity index (χ4n) is 2.23. The van der Waals surface area contributed by atoms with Crippen molar-refractivity contribution in [1.29, 1.82) is 0 Å². The number of hydrogen-bond donors (Lipinski definition) is 2. The first-order chi connectivity index (χ1) is 10.1. The van der Waals surface area contributed by atoms with Gasteiger partial charge in [0.15, 0.2) is 0 Å². The molecule has 0 radical (unpaired) electrons. The molecule has 0 spiro atoms. The molecule has 1 amide bonds. The Morgan fingerprint density at radius 2 is 1.95 bits per heavy atom. The number of halogens is 1. The molecule has 3 nitrogen and oxygen atoms in total. The molecule has 0 heterocycles. The van der Waals surface area contributed by atoms with Crippen molar-refractivity contribution in [2.24, 2.45) is 0 Å². The van der Waals surface area contributed by atoms with Crippen molar-refractivity contribution in [3.8, 4) is 0 Å². The first-order valence-electron chi connectivity index (χ1n) is 6.91. The first kappa shape index (κ1) is 15.2. The number of anilines is 1. The van der Waals surface area contributed by atoms with E-state index in [1.54, 1.807) is 19.1 Å². The Labute approximate surface area is 124 Å². The Hall–Kier alpha value is -2.20. The van der Waals surface area contributed by atoms with Crippen LogP contribution in [0.4, 0.5) is 10.1 Å². The van der Waals surface area contributed by atoms with Crippen LogP contribution in [0, 0.1) is 12.7 Å². The van der Waals surface area contributed by atoms with Crippen LogP contribution in [-0.2, 0) is 6.42 Å². The predicted molar refractivity (Wildman–Crippen MR) is 83.2 cm³/mol. The summed E-state index contributed by atoms with van der Waals surface area (Å²) in [5.74, 6) is -0.569. The van der Waals surface area contributed by atoms with Crippen LogP contribution in [0.15, 0.2) is 42.5 Å². The lowest BCUT2D eigenvalue weighted by Crippen LogP contribution is -2.17. The molecule has 4 heteroatoms. The van der Waals surface area contributed by atoms with Crippen LogP contribution in [0.3, 0.4) is 0 Å². The summed E-state index contributed by atoms with van der Waals surface area (Å²) in [4.78, 5) is 12.4. The number of benzene rings is 2. The highest BCUT2D eigenvalue weighted by molar-refractivity contribution is 6.05. The van der Waals surface area contributed by atoms with Crippen LogP contribution >= 0.6 is 0 Å². The summed E-state index contributed by atoms with van der Waals surface area (Å²) in [5, 5.41) is 5.82. The van der Waals surface area contributed by atoms with E-state index >= 15 is 0 Å². The van der Waals surface area contributed by atoms with Crippen molar-refractivity contribution in [3.63, 3.8) is 0 Å². The van der Waals surface area contributed by atoms with Crippen LogP contribution in [0.1, 0.15) is 21.5 Å². The molecular formula is C17H19FN2O. The average Bonchev–Trinajstić information content (AvgIpc) is 2.44. The van der Waals surface area contributed by atoms with Crippen LogP contribution in [0.25, 0.3) is 0 Å². The third kappa shape index (κ3) is 4.13. The monoisotopic (exact) mass is 286 g/mol. The summed E-state index contributed by atoms with van der Waals surface area (Å²) >= 11 is 0. The van der Waals surface area contributed by atoms with E-state index in [4.69, 9.17) is 0 Å². The van der Waals surface area contributed by atoms with Gasteiger partial charge in [0, 0.05) is 11.3 Å². The number of amides is 1. The van der Waals surface area contributed by atoms with Gasteiger partial charge in [-0.25, -0.2) is 4.39 Å². The fourth-order valence-corrected chi connectivity index (χ4v) is 2.23. The van der Waals surface area contributed by atoms with Gasteiger partial charge in [0.25, 0.3) is 5.91 Å². The van der Waals surface area contributed by atoms with Crippen LogP contribution in [0.5, 0.6) is 0 Å². The minimum atomic E-state index is -0.353. The summed E-state index contributed by atoms with van der Waals surface area (Å²) in [6, 6.07) is 12.0. The van der Waals surface area contributed by atoms with E-state index in [0.717, 1.165) is 24.1 Å². The molecule has 0 aromatic heterocycles. The number of likely N-dealkylation sites (N-methyl/N-ethyl adjacent to an activating group) is 1. The Morgan fingerprint density at radius 3 is 2.67 bits per heavy atom. The molecule has 0 aliphatic rings. The molecule has 0 saturated carbocycles. The zero-order valence-corrected chi connectivity index (χ0v) is 12.2. The van der Waals surface area contributed by atoms with Gasteiger partial charge in [-0.05, 0) is 62.3 Å². The Bertz CT molecular complexity index is 620. The molecule has 21 heavy (non-hydrogen) atoms. The zero-order valence-electron chi connectivity index (χ0n) is 12.2. The third-order valence-corrected chi connectivity index (χ3v) is 3.21. The van der Waals surface area contributed by atoms with Gasteiger partial charge in [0.05, 0.1) is 0 Å². The van der Waals surface area contributed by atoms with E-state index in [1.165, 1.54) is 12.1 Å². The van der Waals surface area contributed by atoms with Gasteiger partial charge in [0.2, 0.25) is 0 Å².